The van der Waals surface area contributed by atoms with E-state index >= 15 is 0 Å². The predicted octanol–water partition coefficient (Wildman–Crippen LogP) is 3.56. The number of methoxy groups -OCH3 is 1. The van der Waals surface area contributed by atoms with Gasteiger partial charge < -0.3 is 25.3 Å². The number of likely N-dealkylation sites (tertiary alicyclic amines) is 1. The van der Waals surface area contributed by atoms with Crippen molar-refractivity contribution in [3.05, 3.63) is 76.9 Å². The van der Waals surface area contributed by atoms with E-state index in [-0.39, 0.29) is 19.0 Å². The predicted molar refractivity (Wildman–Crippen MR) is 167 cm³/mol. The molecule has 0 saturated carbocycles. The third kappa shape index (κ3) is 7.18. The van der Waals surface area contributed by atoms with Gasteiger partial charge >= 0.3 is 0 Å². The average Bonchev–Trinajstić information content (AvgIpc) is 3.47. The lowest BCUT2D eigenvalue weighted by molar-refractivity contribution is -0.122. The number of aromatic amines is 1. The molecule has 0 aliphatic carbocycles. The molecule has 0 bridgehead atoms. The Labute approximate surface area is 260 Å². The molecule has 1 fully saturated rings. The molecule has 1 saturated heterocycles. The van der Waals surface area contributed by atoms with Gasteiger partial charge in [0.15, 0.2) is 5.82 Å². The van der Waals surface area contributed by atoms with E-state index in [4.69, 9.17) is 21.3 Å². The number of aromatic nitrogens is 3. The van der Waals surface area contributed by atoms with Crippen molar-refractivity contribution in [2.24, 2.45) is 0 Å². The number of benzene rings is 2. The zero-order chi connectivity index (χ0) is 31.3. The Morgan fingerprint density at radius 3 is 2.43 bits per heavy atom. The molecule has 0 radical (unpaired) electrons. The van der Waals surface area contributed by atoms with E-state index in [1.165, 1.54) is 0 Å². The van der Waals surface area contributed by atoms with Crippen molar-refractivity contribution in [2.75, 3.05) is 51.5 Å². The number of hydrogen-bond donors (Lipinski definition) is 3. The monoisotopic (exact) mass is 640 g/mol. The molecule has 44 heavy (non-hydrogen) atoms. The fourth-order valence-electron chi connectivity index (χ4n) is 5.23. The minimum absolute atomic E-state index is 0.169. The molecule has 1 aliphatic rings. The summed E-state index contributed by atoms with van der Waals surface area (Å²) < 4.78 is 32.7. The van der Waals surface area contributed by atoms with Gasteiger partial charge in [-0.1, -0.05) is 60.1 Å². The normalized spacial score (nSPS) is 14.8. The van der Waals surface area contributed by atoms with Crippen LogP contribution in [-0.2, 0) is 29.4 Å². The number of nitrogens with one attached hydrogen (secondary N) is 3. The molecule has 232 valence electrons. The number of fused-ring (bicyclic) bond motifs is 1. The maximum atomic E-state index is 13.7. The van der Waals surface area contributed by atoms with Gasteiger partial charge in [0.1, 0.15) is 23.8 Å². The summed E-state index contributed by atoms with van der Waals surface area (Å²) >= 11 is 6.50. The van der Waals surface area contributed by atoms with E-state index in [9.17, 15) is 18.0 Å². The first kappa shape index (κ1) is 31.4. The van der Waals surface area contributed by atoms with Crippen molar-refractivity contribution < 1.29 is 26.9 Å². The van der Waals surface area contributed by atoms with Crippen LogP contribution in [0.5, 0.6) is 0 Å². The topological polar surface area (TPSA) is 156 Å². The Kier molecular flexibility index (Phi) is 9.49. The third-order valence-corrected chi connectivity index (χ3v) is 8.38. The van der Waals surface area contributed by atoms with Crippen LogP contribution >= 0.6 is 11.6 Å². The number of piperidine rings is 1. The van der Waals surface area contributed by atoms with Crippen molar-refractivity contribution in [1.82, 2.24) is 25.2 Å². The minimum Gasteiger partial charge on any atom is -0.373 e. The maximum Gasteiger partial charge on any atom is 0.270 e. The van der Waals surface area contributed by atoms with Crippen molar-refractivity contribution >= 4 is 50.4 Å². The second-order valence-electron chi connectivity index (χ2n) is 10.4. The number of hydrogen-bond acceptors (Lipinski definition) is 9. The Bertz CT molecular complexity index is 1760. The second-order valence-corrected chi connectivity index (χ2v) is 12.5. The molecule has 0 atom stereocenters. The number of carbonyl (C=O) groups is 2. The number of rotatable bonds is 11. The fourth-order valence-corrected chi connectivity index (χ4v) is 5.85. The Balaban J connectivity index is 1.33. The van der Waals surface area contributed by atoms with E-state index in [0.29, 0.717) is 59.3 Å². The van der Waals surface area contributed by atoms with Crippen LogP contribution in [0.15, 0.2) is 60.7 Å². The van der Waals surface area contributed by atoms with E-state index < -0.39 is 28.2 Å². The van der Waals surface area contributed by atoms with Gasteiger partial charge in [0, 0.05) is 49.4 Å². The summed E-state index contributed by atoms with van der Waals surface area (Å²) in [7, 11) is -2.05. The molecule has 12 nitrogen and oxygen atoms in total. The van der Waals surface area contributed by atoms with Gasteiger partial charge in [-0.25, -0.2) is 9.97 Å². The quantitative estimate of drug-likeness (QED) is 0.165. The zero-order valence-corrected chi connectivity index (χ0v) is 25.9. The Morgan fingerprint density at radius 2 is 1.75 bits per heavy atom. The average molecular weight is 641 g/mol. The van der Waals surface area contributed by atoms with Crippen LogP contribution < -0.4 is 10.6 Å². The lowest BCUT2D eigenvalue weighted by atomic mass is 9.84. The van der Waals surface area contributed by atoms with Gasteiger partial charge in [-0.3, -0.25) is 13.8 Å². The second kappa shape index (κ2) is 13.3. The molecule has 4 aromatic rings. The van der Waals surface area contributed by atoms with E-state index in [0.717, 1.165) is 17.4 Å². The number of H-pyrrole nitrogens is 1. The van der Waals surface area contributed by atoms with Gasteiger partial charge in [0.2, 0.25) is 5.91 Å². The highest BCUT2D eigenvalue weighted by Gasteiger charge is 2.39. The van der Waals surface area contributed by atoms with Crippen molar-refractivity contribution in [3.63, 3.8) is 0 Å². The molecule has 2 amide bonds. The molecule has 5 rings (SSSR count). The summed E-state index contributed by atoms with van der Waals surface area (Å²) in [4.78, 5) is 39.9. The van der Waals surface area contributed by atoms with Crippen LogP contribution in [0, 0.1) is 0 Å². The lowest BCUT2D eigenvalue weighted by Crippen LogP contribution is -2.46. The molecule has 0 spiro atoms. The summed E-state index contributed by atoms with van der Waals surface area (Å²) in [6.45, 7) is 0.796. The molecule has 3 N–H and O–H groups in total. The summed E-state index contributed by atoms with van der Waals surface area (Å²) in [5.41, 5.74) is 1.99. The first-order valence-electron chi connectivity index (χ1n) is 14.0. The molecule has 0 unspecified atom stereocenters. The molecule has 2 aromatic carbocycles. The zero-order valence-electron chi connectivity index (χ0n) is 24.3. The van der Waals surface area contributed by atoms with Crippen LogP contribution in [0.1, 0.15) is 28.9 Å². The summed E-state index contributed by atoms with van der Waals surface area (Å²) in [6.07, 6.45) is 2.05. The highest BCUT2D eigenvalue weighted by atomic mass is 35.5. The van der Waals surface area contributed by atoms with Crippen LogP contribution in [0.2, 0.25) is 5.02 Å². The number of anilines is 1. The summed E-state index contributed by atoms with van der Waals surface area (Å²) in [5.74, 6) is 0.187. The van der Waals surface area contributed by atoms with E-state index in [1.807, 2.05) is 54.6 Å². The van der Waals surface area contributed by atoms with Crippen LogP contribution in [0.25, 0.3) is 22.4 Å². The van der Waals surface area contributed by atoms with E-state index in [1.54, 1.807) is 18.1 Å². The minimum atomic E-state index is -3.72. The van der Waals surface area contributed by atoms with Gasteiger partial charge in [-0.05, 0) is 25.0 Å². The largest absolute Gasteiger partial charge is 0.373 e. The number of ether oxygens (including phenoxy) is 1. The van der Waals surface area contributed by atoms with Crippen molar-refractivity contribution in [3.8, 4) is 11.4 Å². The lowest BCUT2D eigenvalue weighted by Gasteiger charge is -2.41. The highest BCUT2D eigenvalue weighted by molar-refractivity contribution is 7.86. The van der Waals surface area contributed by atoms with E-state index in [2.05, 4.69) is 24.8 Å². The molecular formula is C30H33ClN6O6S. The maximum absolute atomic E-state index is 13.7. The van der Waals surface area contributed by atoms with Gasteiger partial charge in [-0.2, -0.15) is 8.42 Å². The van der Waals surface area contributed by atoms with Gasteiger partial charge in [-0.15, -0.1) is 0 Å². The number of amides is 2. The molecule has 1 aliphatic heterocycles. The first-order valence-corrected chi connectivity index (χ1v) is 16.2. The van der Waals surface area contributed by atoms with Crippen LogP contribution in [-0.4, -0.2) is 86.2 Å². The number of halogens is 1. The van der Waals surface area contributed by atoms with Crippen LogP contribution in [0.4, 0.5) is 5.82 Å². The molecule has 14 heteroatoms. The Morgan fingerprint density at radius 1 is 1.05 bits per heavy atom. The number of carbonyl (C=O) groups excluding carboxylic acids is 2. The van der Waals surface area contributed by atoms with Crippen molar-refractivity contribution in [1.29, 1.82) is 0 Å². The number of nitrogens with zero attached hydrogens (tertiary/aromatic N) is 3. The summed E-state index contributed by atoms with van der Waals surface area (Å²) in [6, 6.07) is 18.8. The van der Waals surface area contributed by atoms with Crippen molar-refractivity contribution in [2.45, 2.75) is 18.4 Å². The summed E-state index contributed by atoms with van der Waals surface area (Å²) in [5, 5.41) is 7.04. The first-order chi connectivity index (χ1) is 21.1. The van der Waals surface area contributed by atoms with Gasteiger partial charge in [0.05, 0.1) is 17.2 Å². The standard InChI is InChI=1S/C30H33ClN6O6S/c1-42-30(22-10-6-7-11-23(22)31)12-16-37(17-13-30)29(39)24-18-21-27(33-15-14-32-25(38)19-43-44(2,40)41)35-26(36-28(21)34-24)20-8-4-3-5-9-20/h3-11,18H,12-17,19H2,1-2H3,(H,32,38)(H2,33,34,35,36). The molecule has 2 aromatic heterocycles. The van der Waals surface area contributed by atoms with Crippen LogP contribution in [0.3, 0.4) is 0 Å². The highest BCUT2D eigenvalue weighted by Crippen LogP contribution is 2.40. The third-order valence-electron chi connectivity index (χ3n) is 7.51. The molecular weight excluding hydrogens is 608 g/mol. The van der Waals surface area contributed by atoms with Gasteiger partial charge in [0.25, 0.3) is 16.0 Å². The SMILES string of the molecule is COC1(c2ccccc2Cl)CCN(C(=O)c2cc3c(NCCNC(=O)COS(C)(=O)=O)nc(-c4ccccc4)nc3[nH]2)CC1. The fraction of sp³-hybridized carbons (Fsp3) is 0.333. The molecule has 3 heterocycles. The smallest absolute Gasteiger partial charge is 0.270 e. The Hall–Kier alpha value is -4.04.